The van der Waals surface area contributed by atoms with Gasteiger partial charge in [0.2, 0.25) is 0 Å². The number of carbonyl (C=O) groups excluding carboxylic acids is 1. The molecule has 0 aliphatic rings. The number of hydrogen-bond acceptors (Lipinski definition) is 6. The van der Waals surface area contributed by atoms with Gasteiger partial charge in [-0.1, -0.05) is 6.07 Å². The number of amides is 1. The zero-order valence-electron chi connectivity index (χ0n) is 13.9. The van der Waals surface area contributed by atoms with Gasteiger partial charge in [0.05, 0.1) is 23.1 Å². The first kappa shape index (κ1) is 18.2. The Hall–Kier alpha value is -2.58. The molecule has 2 heterocycles. The number of nitrogens with one attached hydrogen (secondary N) is 1. The Morgan fingerprint density at radius 3 is 2.54 bits per heavy atom. The lowest BCUT2D eigenvalue weighted by atomic mass is 10.3. The number of ether oxygens (including phenoxy) is 1. The second-order valence-corrected chi connectivity index (χ2v) is 8.49. The van der Waals surface area contributed by atoms with Gasteiger partial charge in [-0.25, -0.2) is 8.42 Å². The summed E-state index contributed by atoms with van der Waals surface area (Å²) in [5.74, 6) is 0.512. The minimum absolute atomic E-state index is 0.0986. The fourth-order valence-corrected chi connectivity index (χ4v) is 4.67. The molecule has 0 fully saturated rings. The van der Waals surface area contributed by atoms with Crippen molar-refractivity contribution >= 4 is 27.1 Å². The first-order chi connectivity index (χ1) is 12.5. The summed E-state index contributed by atoms with van der Waals surface area (Å²) in [7, 11) is -2.26. The summed E-state index contributed by atoms with van der Waals surface area (Å²) >= 11 is 1.29. The van der Waals surface area contributed by atoms with Crippen LogP contribution in [0.5, 0.6) is 5.75 Å². The Bertz CT molecular complexity index is 946. The van der Waals surface area contributed by atoms with Crippen molar-refractivity contribution in [3.8, 4) is 5.75 Å². The number of benzene rings is 1. The normalized spacial score (nSPS) is 12.5. The summed E-state index contributed by atoms with van der Waals surface area (Å²) in [4.78, 5) is 12.8. The molecular formula is C18H17NO5S2. The fraction of sp³-hybridized carbons (Fsp3) is 0.167. The highest BCUT2D eigenvalue weighted by Gasteiger charge is 2.32. The molecule has 1 amide bonds. The zero-order valence-corrected chi connectivity index (χ0v) is 15.5. The van der Waals surface area contributed by atoms with E-state index in [2.05, 4.69) is 5.32 Å². The maximum absolute atomic E-state index is 13.1. The van der Waals surface area contributed by atoms with Gasteiger partial charge in [0.15, 0.2) is 9.84 Å². The van der Waals surface area contributed by atoms with Crippen LogP contribution in [0.1, 0.15) is 20.7 Å². The average molecular weight is 391 g/mol. The summed E-state index contributed by atoms with van der Waals surface area (Å²) < 4.78 is 36.5. The third-order valence-corrected chi connectivity index (χ3v) is 6.76. The summed E-state index contributed by atoms with van der Waals surface area (Å²) in [6.45, 7) is -0.0986. The van der Waals surface area contributed by atoms with E-state index >= 15 is 0 Å². The van der Waals surface area contributed by atoms with Gasteiger partial charge >= 0.3 is 0 Å². The molecule has 1 aromatic carbocycles. The summed E-state index contributed by atoms with van der Waals surface area (Å²) in [6, 6.07) is 12.8. The van der Waals surface area contributed by atoms with Crippen LogP contribution in [0.4, 0.5) is 0 Å². The quantitative estimate of drug-likeness (QED) is 0.668. The van der Waals surface area contributed by atoms with E-state index in [4.69, 9.17) is 9.15 Å². The minimum atomic E-state index is -3.77. The lowest BCUT2D eigenvalue weighted by molar-refractivity contribution is 0.0957. The van der Waals surface area contributed by atoms with Gasteiger partial charge in [0, 0.05) is 6.54 Å². The van der Waals surface area contributed by atoms with Crippen LogP contribution in [-0.4, -0.2) is 28.0 Å². The fourth-order valence-electron chi connectivity index (χ4n) is 2.45. The second-order valence-electron chi connectivity index (χ2n) is 5.41. The van der Waals surface area contributed by atoms with Crippen molar-refractivity contribution < 1.29 is 22.4 Å². The van der Waals surface area contributed by atoms with E-state index in [-0.39, 0.29) is 23.1 Å². The van der Waals surface area contributed by atoms with Crippen LogP contribution in [0.3, 0.4) is 0 Å². The van der Waals surface area contributed by atoms with E-state index in [9.17, 15) is 13.2 Å². The highest BCUT2D eigenvalue weighted by Crippen LogP contribution is 2.30. The highest BCUT2D eigenvalue weighted by molar-refractivity contribution is 7.91. The van der Waals surface area contributed by atoms with Gasteiger partial charge in [-0.3, -0.25) is 4.79 Å². The molecule has 0 radical (unpaired) electrons. The van der Waals surface area contributed by atoms with Crippen LogP contribution >= 0.6 is 11.3 Å². The molecular weight excluding hydrogens is 374 g/mol. The predicted molar refractivity (Wildman–Crippen MR) is 98.3 cm³/mol. The SMILES string of the molecule is COc1ccc(S(=O)(=O)[C@@H](CNC(=O)c2cccs2)c2ccco2)cc1. The predicted octanol–water partition coefficient (Wildman–Crippen LogP) is 3.29. The van der Waals surface area contributed by atoms with Crippen molar-refractivity contribution in [2.75, 3.05) is 13.7 Å². The van der Waals surface area contributed by atoms with Crippen molar-refractivity contribution in [2.45, 2.75) is 10.1 Å². The standard InChI is InChI=1S/C18H17NO5S2/c1-23-13-6-8-14(9-7-13)26(21,22)17(15-4-2-10-24-15)12-19-18(20)16-5-3-11-25-16/h2-11,17H,12H2,1H3,(H,19,20)/t17-/m0/s1. The maximum Gasteiger partial charge on any atom is 0.261 e. The Morgan fingerprint density at radius 1 is 1.19 bits per heavy atom. The summed E-state index contributed by atoms with van der Waals surface area (Å²) in [6.07, 6.45) is 1.41. The topological polar surface area (TPSA) is 85.6 Å². The molecule has 1 atom stereocenters. The molecule has 2 aromatic heterocycles. The van der Waals surface area contributed by atoms with Gasteiger partial charge in [-0.05, 0) is 47.8 Å². The molecule has 3 aromatic rings. The number of rotatable bonds is 7. The molecule has 0 unspecified atom stereocenters. The van der Waals surface area contributed by atoms with E-state index < -0.39 is 15.1 Å². The molecule has 26 heavy (non-hydrogen) atoms. The molecule has 0 saturated carbocycles. The van der Waals surface area contributed by atoms with Crippen LogP contribution < -0.4 is 10.1 Å². The van der Waals surface area contributed by atoms with Crippen LogP contribution in [0.2, 0.25) is 0 Å². The summed E-state index contributed by atoms with van der Waals surface area (Å²) in [5.41, 5.74) is 0. The van der Waals surface area contributed by atoms with E-state index in [0.717, 1.165) is 0 Å². The number of carbonyl (C=O) groups is 1. The minimum Gasteiger partial charge on any atom is -0.497 e. The van der Waals surface area contributed by atoms with Crippen LogP contribution in [0, 0.1) is 0 Å². The third kappa shape index (κ3) is 3.81. The third-order valence-electron chi connectivity index (χ3n) is 3.82. The molecule has 0 bridgehead atoms. The van der Waals surface area contributed by atoms with Gasteiger partial charge in [0.25, 0.3) is 5.91 Å². The Kier molecular flexibility index (Phi) is 5.43. The average Bonchev–Trinajstić information content (AvgIpc) is 3.35. The first-order valence-electron chi connectivity index (χ1n) is 7.75. The molecule has 1 N–H and O–H groups in total. The van der Waals surface area contributed by atoms with Crippen LogP contribution in [0.15, 0.2) is 69.5 Å². The van der Waals surface area contributed by atoms with Gasteiger partial charge in [0.1, 0.15) is 16.8 Å². The Morgan fingerprint density at radius 2 is 1.96 bits per heavy atom. The van der Waals surface area contributed by atoms with Crippen LogP contribution in [-0.2, 0) is 9.84 Å². The van der Waals surface area contributed by atoms with E-state index in [1.165, 1.54) is 36.8 Å². The van der Waals surface area contributed by atoms with Crippen molar-refractivity contribution in [1.29, 1.82) is 0 Å². The summed E-state index contributed by atoms with van der Waals surface area (Å²) in [5, 5.41) is 3.43. The molecule has 136 valence electrons. The highest BCUT2D eigenvalue weighted by atomic mass is 32.2. The molecule has 0 aliphatic heterocycles. The molecule has 8 heteroatoms. The number of sulfone groups is 1. The van der Waals surface area contributed by atoms with Crippen molar-refractivity contribution in [1.82, 2.24) is 5.32 Å². The number of furan rings is 1. The monoisotopic (exact) mass is 391 g/mol. The lowest BCUT2D eigenvalue weighted by Crippen LogP contribution is -2.31. The maximum atomic E-state index is 13.1. The van der Waals surface area contributed by atoms with Gasteiger partial charge < -0.3 is 14.5 Å². The van der Waals surface area contributed by atoms with E-state index in [0.29, 0.717) is 10.6 Å². The number of methoxy groups -OCH3 is 1. The smallest absolute Gasteiger partial charge is 0.261 e. The second kappa shape index (κ2) is 7.76. The van der Waals surface area contributed by atoms with E-state index in [1.807, 2.05) is 0 Å². The van der Waals surface area contributed by atoms with Crippen molar-refractivity contribution in [2.24, 2.45) is 0 Å². The lowest BCUT2D eigenvalue weighted by Gasteiger charge is -2.16. The molecule has 3 rings (SSSR count). The van der Waals surface area contributed by atoms with Crippen molar-refractivity contribution in [3.63, 3.8) is 0 Å². The van der Waals surface area contributed by atoms with Gasteiger partial charge in [-0.15, -0.1) is 11.3 Å². The zero-order chi connectivity index (χ0) is 18.6. The molecule has 6 nitrogen and oxygen atoms in total. The molecule has 0 aliphatic carbocycles. The number of thiophene rings is 1. The molecule has 0 saturated heterocycles. The Balaban J connectivity index is 1.86. The van der Waals surface area contributed by atoms with Gasteiger partial charge in [-0.2, -0.15) is 0 Å². The number of hydrogen-bond donors (Lipinski definition) is 1. The largest absolute Gasteiger partial charge is 0.497 e. The van der Waals surface area contributed by atoms with Crippen molar-refractivity contribution in [3.05, 3.63) is 70.8 Å². The first-order valence-corrected chi connectivity index (χ1v) is 10.2. The Labute approximate surface area is 155 Å². The van der Waals surface area contributed by atoms with Crippen LogP contribution in [0.25, 0.3) is 0 Å². The molecule has 0 spiro atoms. The van der Waals surface area contributed by atoms with E-state index in [1.54, 1.807) is 41.8 Å².